The monoisotopic (exact) mass is 1030 g/mol. The van der Waals surface area contributed by atoms with Crippen LogP contribution in [0.5, 0.6) is 0 Å². The van der Waals surface area contributed by atoms with Crippen molar-refractivity contribution < 1.29 is 47.7 Å². The highest BCUT2D eigenvalue weighted by atomic mass is 16.6. The minimum absolute atomic E-state index is 0.0603. The molecule has 0 saturated heterocycles. The fraction of sp³-hybridized carbons (Fsp3) is 0.767. The van der Waals surface area contributed by atoms with Gasteiger partial charge < -0.3 is 39.4 Å². The molecule has 1 heterocycles. The van der Waals surface area contributed by atoms with E-state index in [0.717, 1.165) is 154 Å². The topological polar surface area (TPSA) is 170 Å². The molecule has 416 valence electrons. The molecule has 2 amide bonds. The zero-order valence-electron chi connectivity index (χ0n) is 46.4. The number of nitrogens with zero attached hydrogens (tertiary/aromatic N) is 2. The van der Waals surface area contributed by atoms with Gasteiger partial charge in [0.2, 0.25) is 11.8 Å². The number of esters is 4. The molecule has 0 saturated carbocycles. The lowest BCUT2D eigenvalue weighted by Gasteiger charge is -2.18. The lowest BCUT2D eigenvalue weighted by molar-refractivity contribution is -0.160. The molecule has 1 aliphatic rings. The molecule has 0 aliphatic carbocycles. The van der Waals surface area contributed by atoms with Crippen molar-refractivity contribution in [2.75, 3.05) is 67.6 Å². The Morgan fingerprint density at radius 1 is 0.405 bits per heavy atom. The van der Waals surface area contributed by atoms with Crippen LogP contribution in [0.4, 0.5) is 0 Å². The van der Waals surface area contributed by atoms with Gasteiger partial charge in [0, 0.05) is 77.5 Å². The maximum absolute atomic E-state index is 12.8. The summed E-state index contributed by atoms with van der Waals surface area (Å²) in [5.41, 5.74) is 0. The first-order valence-electron chi connectivity index (χ1n) is 28.4. The number of carbonyl (C=O) groups excluding carboxylic acids is 6. The zero-order valence-corrected chi connectivity index (χ0v) is 46.4. The van der Waals surface area contributed by atoms with Crippen LogP contribution in [0.1, 0.15) is 218 Å². The Morgan fingerprint density at radius 3 is 0.946 bits per heavy atom. The van der Waals surface area contributed by atoms with E-state index in [2.05, 4.69) is 58.0 Å². The number of cyclic esters (lactones) is 4. The Balaban J connectivity index is 2.65. The fourth-order valence-electron chi connectivity index (χ4n) is 7.86. The van der Waals surface area contributed by atoms with Gasteiger partial charge in [0.05, 0.1) is 12.8 Å². The van der Waals surface area contributed by atoms with Crippen molar-refractivity contribution in [1.29, 1.82) is 0 Å². The van der Waals surface area contributed by atoms with Gasteiger partial charge in [-0.2, -0.15) is 0 Å². The molecule has 2 N–H and O–H groups in total. The zero-order chi connectivity index (χ0) is 54.0. The lowest BCUT2D eigenvalue weighted by atomic mass is 10.1. The average Bonchev–Trinajstić information content (AvgIpc) is 3.35. The van der Waals surface area contributed by atoms with Crippen LogP contribution in [0.3, 0.4) is 0 Å². The molecular formula is C60H96N4O10. The van der Waals surface area contributed by atoms with Gasteiger partial charge in [-0.05, 0) is 103 Å². The molecule has 0 radical (unpaired) electrons. The molecule has 0 aromatic rings. The van der Waals surface area contributed by atoms with E-state index in [-0.39, 0.29) is 87.4 Å². The largest absolute Gasteiger partial charge is 0.462 e. The van der Waals surface area contributed by atoms with E-state index in [0.29, 0.717) is 51.9 Å². The van der Waals surface area contributed by atoms with Crippen LogP contribution >= 0.6 is 0 Å². The molecule has 74 heavy (non-hydrogen) atoms. The molecule has 14 heteroatoms. The van der Waals surface area contributed by atoms with Crippen molar-refractivity contribution in [3.8, 4) is 47.4 Å². The number of hydrogen-bond acceptors (Lipinski definition) is 12. The van der Waals surface area contributed by atoms with Crippen molar-refractivity contribution >= 4 is 35.7 Å². The number of likely N-dealkylation sites (N-methyl/N-ethyl adjacent to an activating group) is 2. The summed E-state index contributed by atoms with van der Waals surface area (Å²) in [6, 6.07) is 0. The van der Waals surface area contributed by atoms with Gasteiger partial charge in [-0.25, -0.2) is 0 Å². The average molecular weight is 1030 g/mol. The van der Waals surface area contributed by atoms with Crippen molar-refractivity contribution in [3.05, 3.63) is 0 Å². The first-order chi connectivity index (χ1) is 35.9. The molecule has 0 aromatic carbocycles. The normalized spacial score (nSPS) is 20.4. The number of carbonyl (C=O) groups is 6. The number of nitrogens with one attached hydrogen (secondary N) is 2. The van der Waals surface area contributed by atoms with Crippen LogP contribution in [0.15, 0.2) is 0 Å². The Morgan fingerprint density at radius 2 is 0.662 bits per heavy atom. The molecular weight excluding hydrogens is 937 g/mol. The van der Waals surface area contributed by atoms with Crippen LogP contribution < -0.4 is 10.6 Å². The quantitative estimate of drug-likeness (QED) is 0.121. The Hall–Kier alpha value is -5.02. The highest BCUT2D eigenvalue weighted by molar-refractivity contribution is 5.78. The van der Waals surface area contributed by atoms with E-state index < -0.39 is 12.2 Å². The summed E-state index contributed by atoms with van der Waals surface area (Å²) in [5.74, 6) is 22.5. The molecule has 1 rings (SSSR count). The molecule has 0 bridgehead atoms. The Bertz CT molecular complexity index is 1670. The second kappa shape index (κ2) is 48.9. The third-order valence-electron chi connectivity index (χ3n) is 12.3. The summed E-state index contributed by atoms with van der Waals surface area (Å²) >= 11 is 0. The predicted molar refractivity (Wildman–Crippen MR) is 293 cm³/mol. The van der Waals surface area contributed by atoms with Gasteiger partial charge in [-0.3, -0.25) is 28.8 Å². The maximum Gasteiger partial charge on any atom is 0.306 e. The van der Waals surface area contributed by atoms with E-state index in [1.165, 1.54) is 0 Å². The number of rotatable bonds is 10. The molecule has 14 nitrogen and oxygen atoms in total. The van der Waals surface area contributed by atoms with E-state index in [4.69, 9.17) is 18.9 Å². The second-order valence-electron chi connectivity index (χ2n) is 20.0. The van der Waals surface area contributed by atoms with Crippen LogP contribution in [0.2, 0.25) is 0 Å². The summed E-state index contributed by atoms with van der Waals surface area (Å²) in [6.45, 7) is 2.03. The predicted octanol–water partition coefficient (Wildman–Crippen LogP) is 9.54. The maximum atomic E-state index is 12.8. The Kier molecular flexibility index (Phi) is 44.3. The first kappa shape index (κ1) is 67.0. The summed E-state index contributed by atoms with van der Waals surface area (Å²) < 4.78 is 22.3. The number of hydrogen-bond donors (Lipinski definition) is 2. The van der Waals surface area contributed by atoms with Crippen molar-refractivity contribution in [2.24, 2.45) is 0 Å². The van der Waals surface area contributed by atoms with Crippen LogP contribution in [-0.2, 0) is 47.7 Å². The van der Waals surface area contributed by atoms with Gasteiger partial charge >= 0.3 is 23.9 Å². The van der Waals surface area contributed by atoms with E-state index in [1.54, 1.807) is 0 Å². The molecule has 0 fully saturated rings. The van der Waals surface area contributed by atoms with Gasteiger partial charge in [0.15, 0.2) is 0 Å². The number of ether oxygens (including phenoxy) is 4. The van der Waals surface area contributed by atoms with Gasteiger partial charge in [0.1, 0.15) is 25.4 Å². The summed E-state index contributed by atoms with van der Waals surface area (Å²) in [4.78, 5) is 79.9. The minimum Gasteiger partial charge on any atom is -0.462 e. The van der Waals surface area contributed by atoms with Crippen molar-refractivity contribution in [1.82, 2.24) is 20.4 Å². The van der Waals surface area contributed by atoms with Gasteiger partial charge in [-0.1, -0.05) is 126 Å². The van der Waals surface area contributed by atoms with E-state index in [9.17, 15) is 28.8 Å². The van der Waals surface area contributed by atoms with Gasteiger partial charge in [0.25, 0.3) is 0 Å². The standard InChI is InChI=1S/C60H96N4O10/c1-63(2)47-45-61-55(65)49-53-51-71-57(67)41-37-33-29-25-21-17-13-9-5-6-10-14-18-22-26-30-34-38-42-58(68)72-52-54(50-56(66)62-46-48-64(3)4)74-60(70)44-40-36-32-28-24-20-16-12-8-7-11-15-19-23-27-31-35-39-43-59(69)73-53/h53-54H,13-52H2,1-4H3,(H,61,65)(H,62,66)/t53-,54?/m0/s1. The molecule has 0 spiro atoms. The third kappa shape index (κ3) is 46.7. The van der Waals surface area contributed by atoms with E-state index in [1.807, 2.05) is 38.0 Å². The highest BCUT2D eigenvalue weighted by Gasteiger charge is 2.22. The first-order valence-corrected chi connectivity index (χ1v) is 28.4. The number of amides is 2. The third-order valence-corrected chi connectivity index (χ3v) is 12.3. The smallest absolute Gasteiger partial charge is 0.306 e. The minimum atomic E-state index is -0.830. The van der Waals surface area contributed by atoms with Crippen LogP contribution in [0.25, 0.3) is 0 Å². The highest BCUT2D eigenvalue weighted by Crippen LogP contribution is 2.15. The SMILES string of the molecule is CN(C)CCNC(=O)CC1COC(=O)CCCCCCCCC#CC#CCCCCCCCCC(=O)OC[C@H](CC(=O)NCCN(C)C)OC(=O)CCCCCCCCC#CC#CCCCCCCCCC(=O)O1. The summed E-state index contributed by atoms with van der Waals surface area (Å²) in [5, 5.41) is 5.70. The Labute approximate surface area is 447 Å². The van der Waals surface area contributed by atoms with Crippen molar-refractivity contribution in [2.45, 2.75) is 231 Å². The fourth-order valence-corrected chi connectivity index (χ4v) is 7.86. The summed E-state index contributed by atoms with van der Waals surface area (Å²) in [6.07, 6.45) is 25.5. The van der Waals surface area contributed by atoms with Crippen LogP contribution in [-0.4, -0.2) is 125 Å². The molecule has 0 aromatic heterocycles. The molecule has 1 unspecified atom stereocenters. The lowest BCUT2D eigenvalue weighted by Crippen LogP contribution is -2.36. The summed E-state index contributed by atoms with van der Waals surface area (Å²) in [7, 11) is 7.70. The van der Waals surface area contributed by atoms with Crippen LogP contribution in [0, 0.1) is 47.4 Å². The van der Waals surface area contributed by atoms with E-state index >= 15 is 0 Å². The second-order valence-corrected chi connectivity index (χ2v) is 20.0. The molecule has 1 aliphatic heterocycles. The van der Waals surface area contributed by atoms with Crippen molar-refractivity contribution in [3.63, 3.8) is 0 Å². The molecule has 2 atom stereocenters. The van der Waals surface area contributed by atoms with Gasteiger partial charge in [-0.15, -0.1) is 0 Å².